The van der Waals surface area contributed by atoms with E-state index in [1.54, 1.807) is 35.9 Å². The summed E-state index contributed by atoms with van der Waals surface area (Å²) in [6.45, 7) is 1.79. The van der Waals surface area contributed by atoms with E-state index in [1.165, 1.54) is 0 Å². The van der Waals surface area contributed by atoms with Gasteiger partial charge in [-0.2, -0.15) is 5.10 Å². The number of nitrogens with one attached hydrogen (secondary N) is 1. The number of fused-ring (bicyclic) bond motifs is 1. The molecule has 0 radical (unpaired) electrons. The highest BCUT2D eigenvalue weighted by atomic mass is 35.5. The van der Waals surface area contributed by atoms with Crippen molar-refractivity contribution in [2.45, 2.75) is 19.4 Å². The Hall–Kier alpha value is -1.83. The third-order valence-electron chi connectivity index (χ3n) is 4.68. The second-order valence-electron chi connectivity index (χ2n) is 6.49. The topological polar surface area (TPSA) is 81.1 Å². The maximum absolute atomic E-state index is 12.3. The Balaban J connectivity index is 1.76. The molecule has 0 spiro atoms. The van der Waals surface area contributed by atoms with Gasteiger partial charge in [0.15, 0.2) is 9.84 Å². The Labute approximate surface area is 160 Å². The van der Waals surface area contributed by atoms with Crippen molar-refractivity contribution >= 4 is 56.3 Å². The standard InChI is InChI=1S/C17H15Cl2N3O3S/c1-9-13(16(19)22(21-9)11-4-5-26(24,25)8-11)7-14-12-3-2-10(18)6-15(12)20-17(14)23/h2-3,6-7,11H,4-5,8H2,1H3,(H,20,23)/b14-7+. The summed E-state index contributed by atoms with van der Waals surface area (Å²) in [6.07, 6.45) is 2.18. The minimum absolute atomic E-state index is 0.0334. The monoisotopic (exact) mass is 411 g/mol. The van der Waals surface area contributed by atoms with Crippen LogP contribution in [0.3, 0.4) is 0 Å². The molecule has 1 N–H and O–H groups in total. The molecule has 3 heterocycles. The lowest BCUT2D eigenvalue weighted by atomic mass is 10.0. The van der Waals surface area contributed by atoms with Crippen molar-refractivity contribution in [1.82, 2.24) is 9.78 Å². The minimum atomic E-state index is -3.05. The normalized spacial score (nSPS) is 22.7. The minimum Gasteiger partial charge on any atom is -0.321 e. The molecule has 6 nitrogen and oxygen atoms in total. The molecule has 2 aromatic rings. The Kier molecular flexibility index (Phi) is 4.13. The van der Waals surface area contributed by atoms with Crippen molar-refractivity contribution in [3.8, 4) is 0 Å². The summed E-state index contributed by atoms with van der Waals surface area (Å²) in [7, 11) is -3.05. The fourth-order valence-electron chi connectivity index (χ4n) is 3.36. The van der Waals surface area contributed by atoms with Crippen LogP contribution in [-0.4, -0.2) is 35.6 Å². The Bertz CT molecular complexity index is 1070. The first kappa shape index (κ1) is 17.6. The largest absolute Gasteiger partial charge is 0.321 e. The number of amides is 1. The van der Waals surface area contributed by atoms with Crippen LogP contribution in [0.25, 0.3) is 11.6 Å². The van der Waals surface area contributed by atoms with Crippen LogP contribution in [0.2, 0.25) is 10.2 Å². The Morgan fingerprint density at radius 1 is 1.35 bits per heavy atom. The van der Waals surface area contributed by atoms with E-state index in [0.29, 0.717) is 39.1 Å². The summed E-state index contributed by atoms with van der Waals surface area (Å²) in [5.74, 6) is -0.0696. The molecule has 1 aromatic heterocycles. The maximum atomic E-state index is 12.3. The van der Waals surface area contributed by atoms with E-state index in [0.717, 1.165) is 5.56 Å². The Morgan fingerprint density at radius 2 is 2.12 bits per heavy atom. The summed E-state index contributed by atoms with van der Waals surface area (Å²) in [5, 5.41) is 8.07. The number of nitrogens with zero attached hydrogens (tertiary/aromatic N) is 2. The van der Waals surface area contributed by atoms with E-state index >= 15 is 0 Å². The van der Waals surface area contributed by atoms with Gasteiger partial charge in [-0.15, -0.1) is 0 Å². The number of rotatable bonds is 2. The van der Waals surface area contributed by atoms with Crippen LogP contribution < -0.4 is 5.32 Å². The number of carbonyl (C=O) groups is 1. The van der Waals surface area contributed by atoms with Crippen molar-refractivity contribution in [3.05, 3.63) is 45.2 Å². The van der Waals surface area contributed by atoms with Gasteiger partial charge in [0.25, 0.3) is 5.91 Å². The number of hydrogen-bond donors (Lipinski definition) is 1. The lowest BCUT2D eigenvalue weighted by molar-refractivity contribution is -0.110. The van der Waals surface area contributed by atoms with Gasteiger partial charge < -0.3 is 5.32 Å². The number of anilines is 1. The summed E-state index contributed by atoms with van der Waals surface area (Å²) in [4.78, 5) is 12.3. The molecule has 0 bridgehead atoms. The predicted molar refractivity (Wildman–Crippen MR) is 102 cm³/mol. The highest BCUT2D eigenvalue weighted by molar-refractivity contribution is 7.91. The van der Waals surface area contributed by atoms with Crippen LogP contribution in [0.5, 0.6) is 0 Å². The van der Waals surface area contributed by atoms with Crippen molar-refractivity contribution in [2.75, 3.05) is 16.8 Å². The number of halogens is 2. The van der Waals surface area contributed by atoms with Gasteiger partial charge in [0.2, 0.25) is 0 Å². The summed E-state index contributed by atoms with van der Waals surface area (Å²) in [5.41, 5.74) is 3.12. The van der Waals surface area contributed by atoms with Gasteiger partial charge >= 0.3 is 0 Å². The van der Waals surface area contributed by atoms with Crippen LogP contribution in [0.4, 0.5) is 5.69 Å². The van der Waals surface area contributed by atoms with Gasteiger partial charge in [-0.25, -0.2) is 13.1 Å². The first-order chi connectivity index (χ1) is 12.2. The number of benzene rings is 1. The molecule has 1 unspecified atom stereocenters. The summed E-state index contributed by atoms with van der Waals surface area (Å²) in [6, 6.07) is 4.91. The first-order valence-electron chi connectivity index (χ1n) is 8.03. The van der Waals surface area contributed by atoms with E-state index in [1.807, 2.05) is 0 Å². The molecule has 1 fully saturated rings. The molecule has 2 aliphatic heterocycles. The van der Waals surface area contributed by atoms with E-state index in [-0.39, 0.29) is 23.5 Å². The maximum Gasteiger partial charge on any atom is 0.256 e. The van der Waals surface area contributed by atoms with Gasteiger partial charge in [-0.1, -0.05) is 29.3 Å². The molecule has 9 heteroatoms. The van der Waals surface area contributed by atoms with Crippen LogP contribution in [0, 0.1) is 6.92 Å². The Morgan fingerprint density at radius 3 is 2.81 bits per heavy atom. The fourth-order valence-corrected chi connectivity index (χ4v) is 5.59. The summed E-state index contributed by atoms with van der Waals surface area (Å²) >= 11 is 12.5. The van der Waals surface area contributed by atoms with Crippen LogP contribution >= 0.6 is 23.2 Å². The van der Waals surface area contributed by atoms with Gasteiger partial charge in [-0.05, 0) is 31.6 Å². The van der Waals surface area contributed by atoms with Crippen LogP contribution in [-0.2, 0) is 14.6 Å². The second kappa shape index (κ2) is 6.11. The van der Waals surface area contributed by atoms with E-state index in [9.17, 15) is 13.2 Å². The fraction of sp³-hybridized carbons (Fsp3) is 0.294. The lowest BCUT2D eigenvalue weighted by Crippen LogP contribution is -2.12. The van der Waals surface area contributed by atoms with Crippen LogP contribution in [0.15, 0.2) is 18.2 Å². The quantitative estimate of drug-likeness (QED) is 0.768. The molecule has 1 saturated heterocycles. The number of hydrogen-bond acceptors (Lipinski definition) is 4. The highest BCUT2D eigenvalue weighted by Crippen LogP contribution is 2.37. The molecule has 136 valence electrons. The highest BCUT2D eigenvalue weighted by Gasteiger charge is 2.32. The van der Waals surface area contributed by atoms with Crippen molar-refractivity contribution in [3.63, 3.8) is 0 Å². The average Bonchev–Trinajstić information content (AvgIpc) is 3.16. The molecule has 4 rings (SSSR count). The zero-order valence-corrected chi connectivity index (χ0v) is 16.1. The van der Waals surface area contributed by atoms with Crippen molar-refractivity contribution in [2.24, 2.45) is 0 Å². The molecule has 1 amide bonds. The first-order valence-corrected chi connectivity index (χ1v) is 10.6. The van der Waals surface area contributed by atoms with Gasteiger partial charge in [0.05, 0.1) is 28.9 Å². The third-order valence-corrected chi connectivity index (χ3v) is 7.04. The zero-order valence-electron chi connectivity index (χ0n) is 13.8. The van der Waals surface area contributed by atoms with Crippen molar-refractivity contribution < 1.29 is 13.2 Å². The van der Waals surface area contributed by atoms with Crippen molar-refractivity contribution in [1.29, 1.82) is 0 Å². The molecular formula is C17H15Cl2N3O3S. The second-order valence-corrected chi connectivity index (χ2v) is 9.52. The third kappa shape index (κ3) is 2.94. The van der Waals surface area contributed by atoms with E-state index in [4.69, 9.17) is 23.2 Å². The molecule has 2 aliphatic rings. The predicted octanol–water partition coefficient (Wildman–Crippen LogP) is 3.35. The lowest BCUT2D eigenvalue weighted by Gasteiger charge is -2.09. The smallest absolute Gasteiger partial charge is 0.256 e. The molecule has 0 aliphatic carbocycles. The van der Waals surface area contributed by atoms with Gasteiger partial charge in [0.1, 0.15) is 5.15 Å². The molecule has 0 saturated carbocycles. The number of aromatic nitrogens is 2. The van der Waals surface area contributed by atoms with Gasteiger partial charge in [0, 0.05) is 21.7 Å². The molecule has 1 aromatic carbocycles. The number of sulfone groups is 1. The molecule has 26 heavy (non-hydrogen) atoms. The average molecular weight is 412 g/mol. The molecule has 1 atom stereocenters. The SMILES string of the molecule is Cc1nn(C2CCS(=O)(=O)C2)c(Cl)c1/C=C1/C(=O)Nc2cc(Cl)ccc21. The summed E-state index contributed by atoms with van der Waals surface area (Å²) < 4.78 is 25.0. The number of aryl methyl sites for hydroxylation is 1. The van der Waals surface area contributed by atoms with E-state index in [2.05, 4.69) is 10.4 Å². The number of carbonyl (C=O) groups excluding carboxylic acids is 1. The zero-order chi connectivity index (χ0) is 18.6. The van der Waals surface area contributed by atoms with E-state index < -0.39 is 9.84 Å². The van der Waals surface area contributed by atoms with Gasteiger partial charge in [-0.3, -0.25) is 4.79 Å². The van der Waals surface area contributed by atoms with Crippen LogP contribution in [0.1, 0.15) is 29.3 Å². The molecular weight excluding hydrogens is 397 g/mol.